The van der Waals surface area contributed by atoms with E-state index in [4.69, 9.17) is 22.8 Å². The normalized spacial score (nSPS) is 23.3. The van der Waals surface area contributed by atoms with Gasteiger partial charge in [-0.3, -0.25) is 4.90 Å². The van der Waals surface area contributed by atoms with Gasteiger partial charge in [0.15, 0.2) is 0 Å². The molecule has 0 aliphatic carbocycles. The van der Waals surface area contributed by atoms with Crippen LogP contribution in [0.1, 0.15) is 41.0 Å². The van der Waals surface area contributed by atoms with Crippen molar-refractivity contribution in [2.75, 3.05) is 52.7 Å². The number of aliphatic hydroxyl groups is 1. The molecule has 3 unspecified atom stereocenters. The van der Waals surface area contributed by atoms with Crippen LogP contribution in [-0.4, -0.2) is 89.8 Å². The van der Waals surface area contributed by atoms with Crippen molar-refractivity contribution in [3.05, 3.63) is 0 Å². The van der Waals surface area contributed by atoms with E-state index in [9.17, 15) is 5.11 Å². The predicted molar refractivity (Wildman–Crippen MR) is 103 cm³/mol. The Hall–Kier alpha value is -0.0631. The lowest BCUT2D eigenvalue weighted by Gasteiger charge is -2.36. The topological polar surface area (TPSA) is 69.6 Å². The first-order chi connectivity index (χ1) is 12.4. The van der Waals surface area contributed by atoms with Gasteiger partial charge < -0.3 is 27.9 Å². The molecule has 1 fully saturated rings. The molecule has 0 aromatic heterocycles. The monoisotopic (exact) mass is 393 g/mol. The van der Waals surface area contributed by atoms with Gasteiger partial charge in [0.25, 0.3) is 0 Å². The van der Waals surface area contributed by atoms with Gasteiger partial charge in [0.1, 0.15) is 0 Å². The lowest BCUT2D eigenvalue weighted by molar-refractivity contribution is -0.0820. The van der Waals surface area contributed by atoms with Crippen molar-refractivity contribution in [3.63, 3.8) is 0 Å². The van der Waals surface area contributed by atoms with Crippen LogP contribution in [0.3, 0.4) is 0 Å². The standard InChI is InChI=1S/C18H39NO6Si/c1-6-22-26(23-7-2,24-8-3)11-9-10-21-15-18(20)14-19-12-16(4)25-17(5)13-19/h16-18,20H,6-15H2,1-5H3. The Morgan fingerprint density at radius 1 is 1.04 bits per heavy atom. The Bertz CT molecular complexity index is 336. The van der Waals surface area contributed by atoms with Gasteiger partial charge in [-0.1, -0.05) is 0 Å². The molecule has 1 rings (SSSR count). The number of morpholine rings is 1. The summed E-state index contributed by atoms with van der Waals surface area (Å²) in [6.45, 7) is 15.0. The summed E-state index contributed by atoms with van der Waals surface area (Å²) in [4.78, 5) is 2.24. The molecule has 26 heavy (non-hydrogen) atoms. The zero-order valence-corrected chi connectivity index (χ0v) is 18.2. The molecule has 0 saturated carbocycles. The summed E-state index contributed by atoms with van der Waals surface area (Å²) < 4.78 is 28.9. The minimum atomic E-state index is -2.59. The molecule has 7 nitrogen and oxygen atoms in total. The van der Waals surface area contributed by atoms with Crippen LogP contribution in [-0.2, 0) is 22.8 Å². The molecule has 0 spiro atoms. The Kier molecular flexibility index (Phi) is 12.1. The highest BCUT2D eigenvalue weighted by molar-refractivity contribution is 6.60. The Balaban J connectivity index is 2.25. The van der Waals surface area contributed by atoms with Gasteiger partial charge in [-0.2, -0.15) is 0 Å². The number of hydrogen-bond donors (Lipinski definition) is 1. The first-order valence-corrected chi connectivity index (χ1v) is 11.9. The molecule has 0 radical (unpaired) electrons. The maximum atomic E-state index is 10.2. The largest absolute Gasteiger partial charge is 0.501 e. The van der Waals surface area contributed by atoms with Gasteiger partial charge >= 0.3 is 8.80 Å². The summed E-state index contributed by atoms with van der Waals surface area (Å²) >= 11 is 0. The second-order valence-electron chi connectivity index (χ2n) is 6.79. The van der Waals surface area contributed by atoms with Crippen molar-refractivity contribution in [1.82, 2.24) is 4.90 Å². The second-order valence-corrected chi connectivity index (χ2v) is 9.52. The van der Waals surface area contributed by atoms with Gasteiger partial charge in [-0.05, 0) is 41.0 Å². The number of nitrogens with zero attached hydrogens (tertiary/aromatic N) is 1. The maximum Gasteiger partial charge on any atom is 0.501 e. The number of rotatable bonds is 14. The van der Waals surface area contributed by atoms with E-state index in [2.05, 4.69) is 18.7 Å². The molecule has 3 atom stereocenters. The Morgan fingerprint density at radius 3 is 2.08 bits per heavy atom. The molecular formula is C18H39NO6Si. The third kappa shape index (κ3) is 9.23. The Labute approximate surface area is 160 Å². The molecule has 0 aromatic rings. The number of hydrogen-bond acceptors (Lipinski definition) is 7. The fraction of sp³-hybridized carbons (Fsp3) is 1.00. The predicted octanol–water partition coefficient (Wildman–Crippen LogP) is 1.91. The van der Waals surface area contributed by atoms with Crippen LogP contribution in [0.25, 0.3) is 0 Å². The van der Waals surface area contributed by atoms with Gasteiger partial charge in [0, 0.05) is 52.1 Å². The molecule has 1 saturated heterocycles. The van der Waals surface area contributed by atoms with Crippen LogP contribution < -0.4 is 0 Å². The summed E-state index contributed by atoms with van der Waals surface area (Å²) in [5.74, 6) is 0. The lowest BCUT2D eigenvalue weighted by atomic mass is 10.2. The highest BCUT2D eigenvalue weighted by Crippen LogP contribution is 2.18. The molecule has 0 amide bonds. The smallest absolute Gasteiger partial charge is 0.389 e. The van der Waals surface area contributed by atoms with E-state index in [-0.39, 0.29) is 12.2 Å². The van der Waals surface area contributed by atoms with Crippen molar-refractivity contribution in [3.8, 4) is 0 Å². The summed E-state index contributed by atoms with van der Waals surface area (Å²) in [5, 5.41) is 10.2. The van der Waals surface area contributed by atoms with Crippen LogP contribution in [0.4, 0.5) is 0 Å². The van der Waals surface area contributed by atoms with E-state index < -0.39 is 14.9 Å². The molecule has 8 heteroatoms. The Morgan fingerprint density at radius 2 is 1.58 bits per heavy atom. The second kappa shape index (κ2) is 13.2. The fourth-order valence-electron chi connectivity index (χ4n) is 3.40. The van der Waals surface area contributed by atoms with E-state index in [0.717, 1.165) is 25.6 Å². The van der Waals surface area contributed by atoms with Crippen molar-refractivity contribution >= 4 is 8.80 Å². The minimum Gasteiger partial charge on any atom is -0.389 e. The van der Waals surface area contributed by atoms with Crippen LogP contribution in [0.2, 0.25) is 6.04 Å². The van der Waals surface area contributed by atoms with Crippen molar-refractivity contribution < 1.29 is 27.9 Å². The van der Waals surface area contributed by atoms with Gasteiger partial charge in [-0.15, -0.1) is 0 Å². The van der Waals surface area contributed by atoms with Crippen LogP contribution >= 0.6 is 0 Å². The highest BCUT2D eigenvalue weighted by Gasteiger charge is 2.39. The lowest BCUT2D eigenvalue weighted by Crippen LogP contribution is -2.48. The minimum absolute atomic E-state index is 0.209. The molecule has 0 bridgehead atoms. The van der Waals surface area contributed by atoms with Crippen LogP contribution in [0, 0.1) is 0 Å². The van der Waals surface area contributed by atoms with Gasteiger partial charge in [-0.25, -0.2) is 0 Å². The summed E-state index contributed by atoms with van der Waals surface area (Å²) in [7, 11) is -2.59. The SMILES string of the molecule is CCO[Si](CCCOCC(O)CN1CC(C)OC(C)C1)(OCC)OCC. The number of ether oxygens (including phenoxy) is 2. The molecule has 0 aromatic carbocycles. The molecule has 156 valence electrons. The van der Waals surface area contributed by atoms with E-state index in [0.29, 0.717) is 39.6 Å². The third-order valence-electron chi connectivity index (χ3n) is 4.14. The van der Waals surface area contributed by atoms with Crippen molar-refractivity contribution in [2.24, 2.45) is 0 Å². The third-order valence-corrected chi connectivity index (χ3v) is 7.29. The van der Waals surface area contributed by atoms with Gasteiger partial charge in [0.05, 0.1) is 24.9 Å². The van der Waals surface area contributed by atoms with E-state index in [1.54, 1.807) is 0 Å². The first kappa shape index (κ1) is 24.0. The fourth-order valence-corrected chi connectivity index (χ4v) is 5.98. The highest BCUT2D eigenvalue weighted by atomic mass is 28.4. The molecule has 1 heterocycles. The summed E-state index contributed by atoms with van der Waals surface area (Å²) in [6.07, 6.45) is 0.728. The molecule has 1 aliphatic rings. The van der Waals surface area contributed by atoms with E-state index in [1.807, 2.05) is 20.8 Å². The van der Waals surface area contributed by atoms with Gasteiger partial charge in [0.2, 0.25) is 0 Å². The summed E-state index contributed by atoms with van der Waals surface area (Å²) in [5.41, 5.74) is 0. The summed E-state index contributed by atoms with van der Waals surface area (Å²) in [6, 6.07) is 0.733. The quantitative estimate of drug-likeness (QED) is 0.357. The number of β-amino-alcohol motifs (C(OH)–C–C–N with tert-alkyl or cyclic N) is 1. The number of aliphatic hydroxyl groups excluding tert-OH is 1. The molecular weight excluding hydrogens is 354 g/mol. The van der Waals surface area contributed by atoms with E-state index >= 15 is 0 Å². The average Bonchev–Trinajstić information content (AvgIpc) is 2.54. The zero-order valence-electron chi connectivity index (χ0n) is 17.2. The average molecular weight is 394 g/mol. The van der Waals surface area contributed by atoms with Crippen LogP contribution in [0.5, 0.6) is 0 Å². The molecule has 1 aliphatic heterocycles. The van der Waals surface area contributed by atoms with E-state index in [1.165, 1.54) is 0 Å². The van der Waals surface area contributed by atoms with Crippen LogP contribution in [0.15, 0.2) is 0 Å². The maximum absolute atomic E-state index is 10.2. The zero-order chi connectivity index (χ0) is 19.4. The molecule has 1 N–H and O–H groups in total. The van der Waals surface area contributed by atoms with Crippen molar-refractivity contribution in [2.45, 2.75) is 65.4 Å². The van der Waals surface area contributed by atoms with Crippen molar-refractivity contribution in [1.29, 1.82) is 0 Å². The first-order valence-electron chi connectivity index (χ1n) is 10.00.